The van der Waals surface area contributed by atoms with Gasteiger partial charge in [0.25, 0.3) is 0 Å². The smallest absolute Gasteiger partial charge is 0.235 e. The molecule has 5 nitrogen and oxygen atoms in total. The highest BCUT2D eigenvalue weighted by Crippen LogP contribution is 2.55. The van der Waals surface area contributed by atoms with E-state index in [1.54, 1.807) is 0 Å². The molecule has 0 radical (unpaired) electrons. The third kappa shape index (κ3) is 3.75. The van der Waals surface area contributed by atoms with E-state index in [4.69, 9.17) is 0 Å². The van der Waals surface area contributed by atoms with Crippen molar-refractivity contribution in [3.05, 3.63) is 35.5 Å². The van der Waals surface area contributed by atoms with Crippen LogP contribution in [0.15, 0.2) is 35.5 Å². The van der Waals surface area contributed by atoms with Crippen molar-refractivity contribution in [2.75, 3.05) is 0 Å². The number of carbonyl (C=O) groups excluding carboxylic acids is 2. The van der Waals surface area contributed by atoms with Crippen LogP contribution < -0.4 is 5.32 Å². The predicted octanol–water partition coefficient (Wildman–Crippen LogP) is 2.93. The maximum absolute atomic E-state index is 13.6. The second-order valence-corrected chi connectivity index (χ2v) is 9.66. The molecule has 1 heterocycles. The zero-order valence-corrected chi connectivity index (χ0v) is 18.2. The SMILES string of the molecule is CC1=C[C@@H]2/C=C(\C)CC[C@H](O)[C@H](O)/C=C/C(=O)[C@]23C(=O)N[C@@H](CC(C)C)[C@@H]3[C@H]1C. The van der Waals surface area contributed by atoms with Crippen LogP contribution >= 0.6 is 0 Å². The van der Waals surface area contributed by atoms with Crippen LogP contribution in [-0.4, -0.2) is 40.2 Å². The van der Waals surface area contributed by atoms with E-state index in [-0.39, 0.29) is 35.5 Å². The summed E-state index contributed by atoms with van der Waals surface area (Å²) >= 11 is 0. The average Bonchev–Trinajstić information content (AvgIpc) is 2.93. The summed E-state index contributed by atoms with van der Waals surface area (Å²) in [4.78, 5) is 27.1. The standard InChI is InChI=1S/C24H35NO4/c1-13(2)10-18-22-16(5)15(4)12-17-11-14(3)6-7-19(26)20(27)8-9-21(28)24(17,22)23(29)25-18/h8-9,11-13,16-20,22,26-27H,6-7,10H2,1-5H3,(H,25,29)/b9-8+,14-11+/t16-,17-,18-,19-,20+,22-,24+/m0/s1. The van der Waals surface area contributed by atoms with Gasteiger partial charge >= 0.3 is 0 Å². The van der Waals surface area contributed by atoms with E-state index in [0.29, 0.717) is 18.8 Å². The van der Waals surface area contributed by atoms with Crippen LogP contribution in [0.2, 0.25) is 0 Å². The molecule has 3 N–H and O–H groups in total. The first-order valence-electron chi connectivity index (χ1n) is 10.8. The number of hydrogen-bond donors (Lipinski definition) is 3. The molecule has 0 saturated carbocycles. The molecule has 0 aromatic carbocycles. The van der Waals surface area contributed by atoms with E-state index in [1.807, 2.05) is 13.0 Å². The molecule has 7 atom stereocenters. The van der Waals surface area contributed by atoms with Gasteiger partial charge in [0, 0.05) is 17.9 Å². The molecular formula is C24H35NO4. The molecule has 0 aromatic rings. The predicted molar refractivity (Wildman–Crippen MR) is 113 cm³/mol. The van der Waals surface area contributed by atoms with Crippen molar-refractivity contribution in [2.45, 2.75) is 72.1 Å². The molecule has 1 amide bonds. The van der Waals surface area contributed by atoms with Crippen LogP contribution in [0.5, 0.6) is 0 Å². The molecule has 5 heteroatoms. The summed E-state index contributed by atoms with van der Waals surface area (Å²) in [5.41, 5.74) is 1.02. The molecule has 2 aliphatic carbocycles. The van der Waals surface area contributed by atoms with E-state index in [9.17, 15) is 19.8 Å². The molecular weight excluding hydrogens is 366 g/mol. The molecule has 1 fully saturated rings. The van der Waals surface area contributed by atoms with Gasteiger partial charge in [-0.05, 0) is 51.0 Å². The molecule has 29 heavy (non-hydrogen) atoms. The molecule has 160 valence electrons. The Hall–Kier alpha value is -1.72. The number of aliphatic hydroxyl groups is 2. The number of hydrogen-bond acceptors (Lipinski definition) is 4. The third-order valence-electron chi connectivity index (χ3n) is 7.15. The van der Waals surface area contributed by atoms with Gasteiger partial charge in [-0.15, -0.1) is 0 Å². The van der Waals surface area contributed by atoms with Gasteiger partial charge in [-0.3, -0.25) is 9.59 Å². The van der Waals surface area contributed by atoms with Gasteiger partial charge < -0.3 is 15.5 Å². The van der Waals surface area contributed by atoms with E-state index >= 15 is 0 Å². The molecule has 3 aliphatic rings. The molecule has 0 bridgehead atoms. The zero-order chi connectivity index (χ0) is 21.5. The number of ketones is 1. The molecule has 1 spiro atoms. The lowest BCUT2D eigenvalue weighted by atomic mass is 9.55. The lowest BCUT2D eigenvalue weighted by molar-refractivity contribution is -0.142. The molecule has 0 unspecified atom stereocenters. The van der Waals surface area contributed by atoms with Crippen LogP contribution in [0.3, 0.4) is 0 Å². The van der Waals surface area contributed by atoms with E-state index < -0.39 is 17.6 Å². The fourth-order valence-corrected chi connectivity index (χ4v) is 5.53. The van der Waals surface area contributed by atoms with Gasteiger partial charge in [0.1, 0.15) is 5.41 Å². The van der Waals surface area contributed by atoms with E-state index in [2.05, 4.69) is 39.1 Å². The molecule has 3 rings (SSSR count). The Kier molecular flexibility index (Phi) is 6.21. The molecule has 1 aliphatic heterocycles. The highest BCUT2D eigenvalue weighted by atomic mass is 16.3. The van der Waals surface area contributed by atoms with E-state index in [0.717, 1.165) is 12.0 Å². The Bertz CT molecular complexity index is 765. The largest absolute Gasteiger partial charge is 0.390 e. The first-order valence-corrected chi connectivity index (χ1v) is 10.8. The second kappa shape index (κ2) is 8.19. The van der Waals surface area contributed by atoms with Crippen LogP contribution in [0, 0.1) is 29.1 Å². The maximum Gasteiger partial charge on any atom is 0.235 e. The third-order valence-corrected chi connectivity index (χ3v) is 7.15. The van der Waals surface area contributed by atoms with Crippen LogP contribution in [0.4, 0.5) is 0 Å². The Morgan fingerprint density at radius 3 is 2.55 bits per heavy atom. The Morgan fingerprint density at radius 2 is 1.90 bits per heavy atom. The van der Waals surface area contributed by atoms with E-state index in [1.165, 1.54) is 17.7 Å². The quantitative estimate of drug-likeness (QED) is 0.490. The number of amides is 1. The van der Waals surface area contributed by atoms with Gasteiger partial charge in [0.2, 0.25) is 5.91 Å². The number of allylic oxidation sites excluding steroid dienone is 5. The summed E-state index contributed by atoms with van der Waals surface area (Å²) in [6.45, 7) is 10.4. The first kappa shape index (κ1) is 22.0. The van der Waals surface area contributed by atoms with Gasteiger partial charge in [-0.1, -0.05) is 50.1 Å². The fraction of sp³-hybridized carbons (Fsp3) is 0.667. The molecule has 1 saturated heterocycles. The summed E-state index contributed by atoms with van der Waals surface area (Å²) in [6.07, 6.45) is 6.60. The monoisotopic (exact) mass is 401 g/mol. The van der Waals surface area contributed by atoms with Crippen LogP contribution in [0.1, 0.15) is 53.9 Å². The van der Waals surface area contributed by atoms with Crippen molar-refractivity contribution in [3.63, 3.8) is 0 Å². The minimum Gasteiger partial charge on any atom is -0.390 e. The summed E-state index contributed by atoms with van der Waals surface area (Å²) in [6, 6.07) is -0.0599. The second-order valence-electron chi connectivity index (χ2n) is 9.66. The topological polar surface area (TPSA) is 86.6 Å². The summed E-state index contributed by atoms with van der Waals surface area (Å²) < 4.78 is 0. The number of carbonyl (C=O) groups is 2. The molecule has 0 aromatic heterocycles. The summed E-state index contributed by atoms with van der Waals surface area (Å²) in [5, 5.41) is 23.6. The van der Waals surface area contributed by atoms with Gasteiger partial charge in [-0.2, -0.15) is 0 Å². The normalized spacial score (nSPS) is 43.4. The Labute approximate surface area is 174 Å². The lowest BCUT2D eigenvalue weighted by Crippen LogP contribution is -2.51. The van der Waals surface area contributed by atoms with Crippen molar-refractivity contribution in [1.29, 1.82) is 0 Å². The zero-order valence-electron chi connectivity index (χ0n) is 18.2. The highest BCUT2D eigenvalue weighted by molar-refractivity contribution is 6.13. The number of rotatable bonds is 2. The number of aliphatic hydroxyl groups excluding tert-OH is 2. The van der Waals surface area contributed by atoms with Crippen LogP contribution in [0.25, 0.3) is 0 Å². The van der Waals surface area contributed by atoms with Gasteiger partial charge in [-0.25, -0.2) is 0 Å². The average molecular weight is 402 g/mol. The van der Waals surface area contributed by atoms with Crippen molar-refractivity contribution >= 4 is 11.7 Å². The van der Waals surface area contributed by atoms with Crippen LogP contribution in [-0.2, 0) is 9.59 Å². The first-order chi connectivity index (χ1) is 13.6. The van der Waals surface area contributed by atoms with Crippen molar-refractivity contribution in [2.24, 2.45) is 29.1 Å². The van der Waals surface area contributed by atoms with Gasteiger partial charge in [0.15, 0.2) is 5.78 Å². The summed E-state index contributed by atoms with van der Waals surface area (Å²) in [7, 11) is 0. The highest BCUT2D eigenvalue weighted by Gasteiger charge is 2.64. The lowest BCUT2D eigenvalue weighted by Gasteiger charge is -2.44. The minimum absolute atomic E-state index is 0.0599. The minimum atomic E-state index is -1.20. The van der Waals surface area contributed by atoms with Crippen molar-refractivity contribution in [1.82, 2.24) is 5.32 Å². The number of nitrogens with one attached hydrogen (secondary N) is 1. The van der Waals surface area contributed by atoms with Gasteiger partial charge in [0.05, 0.1) is 12.2 Å². The Balaban J connectivity index is 2.20. The summed E-state index contributed by atoms with van der Waals surface area (Å²) in [5.74, 6) is -0.455. The van der Waals surface area contributed by atoms with Crippen molar-refractivity contribution in [3.8, 4) is 0 Å². The Morgan fingerprint density at radius 1 is 1.21 bits per heavy atom. The maximum atomic E-state index is 13.6. The fourth-order valence-electron chi connectivity index (χ4n) is 5.53. The van der Waals surface area contributed by atoms with Crippen molar-refractivity contribution < 1.29 is 19.8 Å².